The van der Waals surface area contributed by atoms with Crippen LogP contribution in [0.2, 0.25) is 0 Å². The van der Waals surface area contributed by atoms with Crippen LogP contribution in [0.1, 0.15) is 10.4 Å². The van der Waals surface area contributed by atoms with Crippen molar-refractivity contribution in [3.63, 3.8) is 0 Å². The van der Waals surface area contributed by atoms with Crippen LogP contribution in [-0.2, 0) is 10.1 Å². The van der Waals surface area contributed by atoms with Crippen LogP contribution in [0.5, 0.6) is 5.75 Å². The van der Waals surface area contributed by atoms with Gasteiger partial charge in [-0.25, -0.2) is 13.2 Å². The Hall–Kier alpha value is -0.720. The fourth-order valence-corrected chi connectivity index (χ4v) is 3.44. The predicted molar refractivity (Wildman–Crippen MR) is 91.2 cm³/mol. The molecule has 0 unspecified atom stereocenters. The van der Waals surface area contributed by atoms with E-state index in [1.165, 1.54) is 12.1 Å². The van der Waals surface area contributed by atoms with Crippen molar-refractivity contribution in [3.05, 3.63) is 55.2 Å². The summed E-state index contributed by atoms with van der Waals surface area (Å²) >= 11 is 3.82. The third-order valence-corrected chi connectivity index (χ3v) is 5.10. The molecule has 0 aromatic heterocycles. The van der Waals surface area contributed by atoms with Gasteiger partial charge in [0.1, 0.15) is 15.9 Å². The quantitative estimate of drug-likeness (QED) is 0.265. The van der Waals surface area contributed by atoms with E-state index in [1.807, 2.05) is 22.6 Å². The van der Waals surface area contributed by atoms with E-state index in [4.69, 9.17) is 4.74 Å². The van der Waals surface area contributed by atoms with Gasteiger partial charge in [0.05, 0.1) is 14.0 Å². The van der Waals surface area contributed by atoms with Crippen LogP contribution in [0, 0.1) is 7.14 Å². The number of ether oxygens (including phenoxy) is 1. The summed E-state index contributed by atoms with van der Waals surface area (Å²) in [6.07, 6.45) is 0. The second-order valence-corrected chi connectivity index (χ2v) is 7.62. The van der Waals surface area contributed by atoms with Crippen molar-refractivity contribution in [3.8, 4) is 5.75 Å². The molecule has 0 amide bonds. The largest absolute Gasteiger partial charge is 0.744 e. The van der Waals surface area contributed by atoms with E-state index in [-0.39, 0.29) is 10.6 Å². The highest BCUT2D eigenvalue weighted by molar-refractivity contribution is 14.1. The monoisotopic (exact) mass is 529 g/mol. The highest BCUT2D eigenvalue weighted by Crippen LogP contribution is 2.25. The van der Waals surface area contributed by atoms with E-state index in [1.54, 1.807) is 46.9 Å². The maximum Gasteiger partial charge on any atom is 0.344 e. The number of hydrogen-bond acceptors (Lipinski definition) is 5. The van der Waals surface area contributed by atoms with Crippen molar-refractivity contribution in [2.45, 2.75) is 4.90 Å². The molecule has 21 heavy (non-hydrogen) atoms. The molecular weight excluding hydrogens is 522 g/mol. The van der Waals surface area contributed by atoms with Gasteiger partial charge in [0.15, 0.2) is 0 Å². The van der Waals surface area contributed by atoms with Crippen molar-refractivity contribution in [2.75, 3.05) is 0 Å². The first-order valence-electron chi connectivity index (χ1n) is 5.51. The molecule has 0 saturated carbocycles. The minimum absolute atomic E-state index is 0.202. The second kappa shape index (κ2) is 6.58. The Morgan fingerprint density at radius 1 is 1.05 bits per heavy atom. The Morgan fingerprint density at radius 2 is 1.71 bits per heavy atom. The summed E-state index contributed by atoms with van der Waals surface area (Å²) in [6.45, 7) is 0. The summed E-state index contributed by atoms with van der Waals surface area (Å²) < 4.78 is 39.1. The number of halogens is 2. The number of carbonyl (C=O) groups excluding carboxylic acids is 1. The van der Waals surface area contributed by atoms with E-state index >= 15 is 0 Å². The Bertz CT molecular complexity index is 802. The van der Waals surface area contributed by atoms with E-state index in [0.717, 1.165) is 9.64 Å². The molecule has 5 nitrogen and oxygen atoms in total. The van der Waals surface area contributed by atoms with Crippen molar-refractivity contribution >= 4 is 61.3 Å². The zero-order valence-corrected chi connectivity index (χ0v) is 15.4. The number of esters is 1. The molecule has 0 aliphatic heterocycles. The summed E-state index contributed by atoms with van der Waals surface area (Å²) in [6, 6.07) is 10.5. The highest BCUT2D eigenvalue weighted by atomic mass is 127. The van der Waals surface area contributed by atoms with Crippen molar-refractivity contribution < 1.29 is 22.5 Å². The number of rotatable bonds is 3. The Balaban J connectivity index is 2.29. The molecule has 0 atom stereocenters. The molecule has 2 aromatic rings. The number of hydrogen-bond donors (Lipinski definition) is 0. The maximum atomic E-state index is 12.1. The van der Waals surface area contributed by atoms with Crippen molar-refractivity contribution in [1.29, 1.82) is 0 Å². The van der Waals surface area contributed by atoms with Gasteiger partial charge in [-0.05, 0) is 75.5 Å². The topological polar surface area (TPSA) is 83.5 Å². The van der Waals surface area contributed by atoms with Gasteiger partial charge >= 0.3 is 5.97 Å². The number of benzene rings is 2. The summed E-state index contributed by atoms with van der Waals surface area (Å²) in [5.41, 5.74) is 0.412. The molecular formula is C13H7I2O5S-. The summed E-state index contributed by atoms with van der Waals surface area (Å²) in [5, 5.41) is 0. The highest BCUT2D eigenvalue weighted by Gasteiger charge is 2.14. The average Bonchev–Trinajstić information content (AvgIpc) is 2.40. The molecule has 0 spiro atoms. The Kier molecular flexibility index (Phi) is 5.22. The Morgan fingerprint density at radius 3 is 2.29 bits per heavy atom. The standard InChI is InChI=1S/C13H8I2O5S/c14-10-4-2-1-3-9(10)13(16)20-12-6-5-8(7-11(12)15)21(17,18)19/h1-7H,(H,17,18,19)/p-1. The third kappa shape index (κ3) is 4.14. The van der Waals surface area contributed by atoms with Crippen LogP contribution in [0.3, 0.4) is 0 Å². The molecule has 0 aliphatic carbocycles. The first-order valence-corrected chi connectivity index (χ1v) is 9.08. The van der Waals surface area contributed by atoms with Crippen LogP contribution in [-0.4, -0.2) is 18.9 Å². The minimum atomic E-state index is -4.53. The molecule has 0 heterocycles. The molecule has 0 aliphatic rings. The first kappa shape index (κ1) is 16.6. The van der Waals surface area contributed by atoms with Gasteiger partial charge in [0, 0.05) is 3.57 Å². The van der Waals surface area contributed by atoms with Gasteiger partial charge in [0.25, 0.3) is 0 Å². The second-order valence-electron chi connectivity index (χ2n) is 3.92. The van der Waals surface area contributed by atoms with Crippen LogP contribution < -0.4 is 4.74 Å². The normalized spacial score (nSPS) is 11.2. The maximum absolute atomic E-state index is 12.1. The molecule has 2 rings (SSSR count). The van der Waals surface area contributed by atoms with E-state index in [9.17, 15) is 17.8 Å². The summed E-state index contributed by atoms with van der Waals surface area (Å²) in [4.78, 5) is 11.7. The fourth-order valence-electron chi connectivity index (χ4n) is 1.50. The lowest BCUT2D eigenvalue weighted by atomic mass is 10.2. The lowest BCUT2D eigenvalue weighted by Gasteiger charge is -2.11. The van der Waals surface area contributed by atoms with Crippen molar-refractivity contribution in [1.82, 2.24) is 0 Å². The zero-order valence-electron chi connectivity index (χ0n) is 10.2. The smallest absolute Gasteiger partial charge is 0.344 e. The molecule has 2 aromatic carbocycles. The van der Waals surface area contributed by atoms with Crippen LogP contribution >= 0.6 is 45.2 Å². The SMILES string of the molecule is O=C(Oc1ccc(S(=O)(=O)[O-])cc1I)c1ccccc1I. The molecule has 0 radical (unpaired) electrons. The van der Waals surface area contributed by atoms with E-state index < -0.39 is 16.1 Å². The van der Waals surface area contributed by atoms with Crippen LogP contribution in [0.4, 0.5) is 0 Å². The predicted octanol–water partition coefficient (Wildman–Crippen LogP) is 3.02. The molecule has 8 heteroatoms. The van der Waals surface area contributed by atoms with Gasteiger partial charge in [-0.3, -0.25) is 0 Å². The van der Waals surface area contributed by atoms with Gasteiger partial charge < -0.3 is 9.29 Å². The van der Waals surface area contributed by atoms with Crippen LogP contribution in [0.25, 0.3) is 0 Å². The minimum Gasteiger partial charge on any atom is -0.744 e. The molecule has 0 saturated heterocycles. The average molecular weight is 529 g/mol. The molecule has 110 valence electrons. The Labute approximate surface area is 148 Å². The van der Waals surface area contributed by atoms with Crippen LogP contribution in [0.15, 0.2) is 47.4 Å². The molecule has 0 bridgehead atoms. The molecule has 0 N–H and O–H groups in total. The zero-order chi connectivity index (χ0) is 15.6. The van der Waals surface area contributed by atoms with Gasteiger partial charge in [-0.2, -0.15) is 0 Å². The first-order chi connectivity index (χ1) is 9.79. The third-order valence-electron chi connectivity index (χ3n) is 2.49. The summed E-state index contributed by atoms with van der Waals surface area (Å²) in [5.74, 6) is -0.344. The number of carbonyl (C=O) groups is 1. The van der Waals surface area contributed by atoms with Gasteiger partial charge in [-0.15, -0.1) is 0 Å². The fraction of sp³-hybridized carbons (Fsp3) is 0. The van der Waals surface area contributed by atoms with Gasteiger partial charge in [-0.1, -0.05) is 12.1 Å². The molecule has 0 fully saturated rings. The van der Waals surface area contributed by atoms with E-state index in [0.29, 0.717) is 9.13 Å². The van der Waals surface area contributed by atoms with Crippen molar-refractivity contribution in [2.24, 2.45) is 0 Å². The summed E-state index contributed by atoms with van der Waals surface area (Å²) in [7, 11) is -4.53. The van der Waals surface area contributed by atoms with E-state index in [2.05, 4.69) is 0 Å². The lowest BCUT2D eigenvalue weighted by Crippen LogP contribution is -2.11. The lowest BCUT2D eigenvalue weighted by molar-refractivity contribution is 0.0732. The van der Waals surface area contributed by atoms with Gasteiger partial charge in [0.2, 0.25) is 0 Å².